The number of hydrogen-bond donors (Lipinski definition) is 1. The van der Waals surface area contributed by atoms with Gasteiger partial charge in [-0.3, -0.25) is 0 Å². The van der Waals surface area contributed by atoms with E-state index in [0.29, 0.717) is 23.1 Å². The first-order chi connectivity index (χ1) is 14.6. The van der Waals surface area contributed by atoms with Crippen LogP contribution in [0.2, 0.25) is 15.1 Å². The van der Waals surface area contributed by atoms with Gasteiger partial charge < -0.3 is 9.99 Å². The zero-order valence-electron chi connectivity index (χ0n) is 16.4. The summed E-state index contributed by atoms with van der Waals surface area (Å²) in [7, 11) is 0. The van der Waals surface area contributed by atoms with Crippen LogP contribution < -0.4 is 5.43 Å². The van der Waals surface area contributed by atoms with E-state index >= 15 is 0 Å². The summed E-state index contributed by atoms with van der Waals surface area (Å²) in [6, 6.07) is 21.7. The molecule has 3 nitrogen and oxygen atoms in total. The normalized spacial score (nSPS) is 11.5. The van der Waals surface area contributed by atoms with Gasteiger partial charge >= 0.3 is 0 Å². The Morgan fingerprint density at radius 1 is 0.867 bits per heavy atom. The van der Waals surface area contributed by atoms with Gasteiger partial charge in [0.2, 0.25) is 0 Å². The van der Waals surface area contributed by atoms with Crippen LogP contribution >= 0.6 is 34.8 Å². The van der Waals surface area contributed by atoms with Crippen LogP contribution in [-0.4, -0.2) is 10.8 Å². The second kappa shape index (κ2) is 9.13. The molecular formula is C24H20Cl3N3. The van der Waals surface area contributed by atoms with Crippen molar-refractivity contribution < 1.29 is 0 Å². The Morgan fingerprint density at radius 3 is 2.30 bits per heavy atom. The molecule has 4 aromatic rings. The van der Waals surface area contributed by atoms with E-state index in [-0.39, 0.29) is 0 Å². The minimum Gasteiger partial charge on any atom is -0.340 e. The van der Waals surface area contributed by atoms with Crippen LogP contribution in [0.25, 0.3) is 10.9 Å². The molecule has 0 atom stereocenters. The van der Waals surface area contributed by atoms with Crippen LogP contribution in [0.3, 0.4) is 0 Å². The molecule has 0 aliphatic heterocycles. The number of hydrogen-bond acceptors (Lipinski definition) is 2. The lowest BCUT2D eigenvalue weighted by atomic mass is 10.1. The van der Waals surface area contributed by atoms with Crippen molar-refractivity contribution in [3.63, 3.8) is 0 Å². The first-order valence-electron chi connectivity index (χ1n) is 9.56. The molecule has 4 rings (SSSR count). The number of nitrogens with zero attached hydrogens (tertiary/aromatic N) is 2. The second-order valence-corrected chi connectivity index (χ2v) is 8.21. The predicted molar refractivity (Wildman–Crippen MR) is 128 cm³/mol. The first-order valence-corrected chi connectivity index (χ1v) is 10.7. The standard InChI is InChI=1S/C24H20Cl3N3/c1-16-19(13-28-29-14-20-22(26)10-6-11-23(20)27)18-8-3-5-12-24(18)30(16)15-17-7-2-4-9-21(17)25/h2-13,29H,14-15H2,1H3/b28-13+. The summed E-state index contributed by atoms with van der Waals surface area (Å²) in [6.07, 6.45) is 1.85. The summed E-state index contributed by atoms with van der Waals surface area (Å²) < 4.78 is 2.27. The van der Waals surface area contributed by atoms with E-state index in [0.717, 1.165) is 38.3 Å². The van der Waals surface area contributed by atoms with Crippen molar-refractivity contribution in [1.82, 2.24) is 9.99 Å². The Labute approximate surface area is 190 Å². The van der Waals surface area contributed by atoms with Gasteiger partial charge in [0.25, 0.3) is 0 Å². The molecule has 152 valence electrons. The molecule has 0 amide bonds. The summed E-state index contributed by atoms with van der Waals surface area (Å²) in [4.78, 5) is 0. The third-order valence-electron chi connectivity index (χ3n) is 5.17. The van der Waals surface area contributed by atoms with Crippen molar-refractivity contribution >= 4 is 51.9 Å². The predicted octanol–water partition coefficient (Wildman–Crippen LogP) is 7.08. The Morgan fingerprint density at radius 2 is 1.53 bits per heavy atom. The topological polar surface area (TPSA) is 29.3 Å². The number of benzene rings is 3. The number of aromatic nitrogens is 1. The molecule has 0 radical (unpaired) electrons. The number of para-hydroxylation sites is 1. The molecule has 3 aromatic carbocycles. The van der Waals surface area contributed by atoms with Gasteiger partial charge in [-0.1, -0.05) is 77.3 Å². The highest BCUT2D eigenvalue weighted by molar-refractivity contribution is 6.36. The molecule has 0 saturated heterocycles. The first kappa shape index (κ1) is 20.8. The highest BCUT2D eigenvalue weighted by atomic mass is 35.5. The van der Waals surface area contributed by atoms with Gasteiger partial charge in [-0.15, -0.1) is 0 Å². The van der Waals surface area contributed by atoms with Crippen molar-refractivity contribution in [1.29, 1.82) is 0 Å². The van der Waals surface area contributed by atoms with Crippen LogP contribution in [0.1, 0.15) is 22.4 Å². The van der Waals surface area contributed by atoms with Crippen molar-refractivity contribution in [2.45, 2.75) is 20.0 Å². The van der Waals surface area contributed by atoms with E-state index in [2.05, 4.69) is 40.2 Å². The zero-order valence-corrected chi connectivity index (χ0v) is 18.6. The van der Waals surface area contributed by atoms with Crippen LogP contribution in [0, 0.1) is 6.92 Å². The lowest BCUT2D eigenvalue weighted by molar-refractivity contribution is 0.748. The van der Waals surface area contributed by atoms with Crippen molar-refractivity contribution in [2.24, 2.45) is 5.10 Å². The minimum atomic E-state index is 0.451. The van der Waals surface area contributed by atoms with Gasteiger partial charge in [0.1, 0.15) is 0 Å². The Bertz CT molecular complexity index is 1210. The van der Waals surface area contributed by atoms with Gasteiger partial charge in [0, 0.05) is 49.3 Å². The van der Waals surface area contributed by atoms with Crippen molar-refractivity contribution in [2.75, 3.05) is 0 Å². The van der Waals surface area contributed by atoms with Crippen LogP contribution in [0.15, 0.2) is 71.8 Å². The SMILES string of the molecule is Cc1c(/C=N/NCc2c(Cl)cccc2Cl)c2ccccc2n1Cc1ccccc1Cl. The lowest BCUT2D eigenvalue weighted by Gasteiger charge is -2.10. The fourth-order valence-electron chi connectivity index (χ4n) is 3.56. The summed E-state index contributed by atoms with van der Waals surface area (Å²) >= 11 is 18.9. The number of fused-ring (bicyclic) bond motifs is 1. The second-order valence-electron chi connectivity index (χ2n) is 6.99. The minimum absolute atomic E-state index is 0.451. The number of rotatable bonds is 6. The van der Waals surface area contributed by atoms with E-state index in [4.69, 9.17) is 34.8 Å². The van der Waals surface area contributed by atoms with Gasteiger partial charge in [0.05, 0.1) is 12.8 Å². The summed E-state index contributed by atoms with van der Waals surface area (Å²) in [6.45, 7) is 3.25. The maximum Gasteiger partial charge on any atom is 0.0609 e. The van der Waals surface area contributed by atoms with Crippen LogP contribution in [0.5, 0.6) is 0 Å². The Balaban J connectivity index is 1.62. The fraction of sp³-hybridized carbons (Fsp3) is 0.125. The molecule has 1 N–H and O–H groups in total. The number of hydrazone groups is 1. The molecule has 1 heterocycles. The van der Waals surface area contributed by atoms with Gasteiger partial charge in [-0.2, -0.15) is 5.10 Å². The van der Waals surface area contributed by atoms with Crippen LogP contribution in [-0.2, 0) is 13.1 Å². The lowest BCUT2D eigenvalue weighted by Crippen LogP contribution is -2.07. The van der Waals surface area contributed by atoms with Gasteiger partial charge in [0.15, 0.2) is 0 Å². The summed E-state index contributed by atoms with van der Waals surface area (Å²) in [5, 5.41) is 7.59. The summed E-state index contributed by atoms with van der Waals surface area (Å²) in [5.74, 6) is 0. The molecular weight excluding hydrogens is 437 g/mol. The van der Waals surface area contributed by atoms with E-state index in [9.17, 15) is 0 Å². The van der Waals surface area contributed by atoms with Gasteiger partial charge in [-0.25, -0.2) is 0 Å². The highest BCUT2D eigenvalue weighted by Crippen LogP contribution is 2.27. The monoisotopic (exact) mass is 455 g/mol. The third-order valence-corrected chi connectivity index (χ3v) is 6.25. The quantitative estimate of drug-likeness (QED) is 0.244. The van der Waals surface area contributed by atoms with E-state index in [1.54, 1.807) is 0 Å². The molecule has 0 aliphatic carbocycles. The van der Waals surface area contributed by atoms with E-state index in [1.807, 2.05) is 54.7 Å². The Kier molecular flexibility index (Phi) is 6.33. The zero-order chi connectivity index (χ0) is 21.1. The smallest absolute Gasteiger partial charge is 0.0609 e. The maximum atomic E-state index is 6.40. The largest absolute Gasteiger partial charge is 0.340 e. The fourth-order valence-corrected chi connectivity index (χ4v) is 4.28. The Hall–Kier alpha value is -2.46. The molecule has 30 heavy (non-hydrogen) atoms. The third kappa shape index (κ3) is 4.20. The van der Waals surface area contributed by atoms with Crippen LogP contribution in [0.4, 0.5) is 0 Å². The molecule has 0 fully saturated rings. The molecule has 0 unspecified atom stereocenters. The highest BCUT2D eigenvalue weighted by Gasteiger charge is 2.13. The average molecular weight is 457 g/mol. The van der Waals surface area contributed by atoms with Gasteiger partial charge in [-0.05, 0) is 36.8 Å². The number of nitrogens with one attached hydrogen (secondary N) is 1. The van der Waals surface area contributed by atoms with E-state index < -0.39 is 0 Å². The molecule has 0 saturated carbocycles. The van der Waals surface area contributed by atoms with Crippen molar-refractivity contribution in [3.8, 4) is 0 Å². The molecule has 0 spiro atoms. The molecule has 0 aliphatic rings. The van der Waals surface area contributed by atoms with E-state index in [1.165, 1.54) is 0 Å². The van der Waals surface area contributed by atoms with Crippen molar-refractivity contribution in [3.05, 3.63) is 104 Å². The maximum absolute atomic E-state index is 6.40. The average Bonchev–Trinajstić information content (AvgIpc) is 3.00. The molecule has 0 bridgehead atoms. The molecule has 1 aromatic heterocycles. The summed E-state index contributed by atoms with van der Waals surface area (Å²) in [5.41, 5.74) is 8.30. The molecule has 6 heteroatoms. The number of halogens is 3.